The minimum atomic E-state index is -4.77. The van der Waals surface area contributed by atoms with Crippen LogP contribution in [-0.2, 0) is 53.6 Å². The number of hydrogen-bond acceptors (Lipinski definition) is 20. The van der Waals surface area contributed by atoms with Crippen molar-refractivity contribution in [2.45, 2.75) is 73.0 Å². The molecule has 6 amide bonds. The van der Waals surface area contributed by atoms with Crippen LogP contribution in [0.25, 0.3) is 0 Å². The Hall–Kier alpha value is -6.19. The second kappa shape index (κ2) is 21.8. The third kappa shape index (κ3) is 11.8. The highest BCUT2D eigenvalue weighted by Crippen LogP contribution is 2.48. The maximum atomic E-state index is 15.1. The lowest BCUT2D eigenvalue weighted by Gasteiger charge is -2.26. The molecule has 0 radical (unpaired) electrons. The maximum Gasteiger partial charge on any atom is 0.333 e. The van der Waals surface area contributed by atoms with Crippen LogP contribution in [0.4, 0.5) is 11.4 Å². The van der Waals surface area contributed by atoms with Crippen molar-refractivity contribution in [3.63, 3.8) is 0 Å². The summed E-state index contributed by atoms with van der Waals surface area (Å²) in [7, 11) is -10.3. The number of ether oxygens (including phenoxy) is 4. The average Bonchev–Trinajstić information content (AvgIpc) is 4.05. The van der Waals surface area contributed by atoms with Gasteiger partial charge in [0.15, 0.2) is 33.7 Å². The molecule has 75 heavy (non-hydrogen) atoms. The van der Waals surface area contributed by atoms with Crippen molar-refractivity contribution in [1.29, 1.82) is 0 Å². The zero-order valence-electron chi connectivity index (χ0n) is 40.7. The molecule has 406 valence electrons. The lowest BCUT2D eigenvalue weighted by atomic mass is 10.1. The Morgan fingerprint density at radius 3 is 1.65 bits per heavy atom. The number of hydroxylamine groups is 2. The van der Waals surface area contributed by atoms with E-state index < -0.39 is 96.9 Å². The highest BCUT2D eigenvalue weighted by Gasteiger charge is 2.48. The highest BCUT2D eigenvalue weighted by atomic mass is 32.2. The van der Waals surface area contributed by atoms with E-state index in [4.69, 9.17) is 23.8 Å². The van der Waals surface area contributed by atoms with Crippen LogP contribution >= 0.6 is 18.9 Å². The first kappa shape index (κ1) is 55.1. The fourth-order valence-corrected chi connectivity index (χ4v) is 15.7. The van der Waals surface area contributed by atoms with Gasteiger partial charge in [-0.05, 0) is 31.4 Å². The van der Waals surface area contributed by atoms with E-state index in [-0.39, 0.29) is 148 Å². The van der Waals surface area contributed by atoms with Gasteiger partial charge in [0.05, 0.1) is 74.4 Å². The first-order valence-electron chi connectivity index (χ1n) is 23.6. The Morgan fingerprint density at radius 1 is 0.720 bits per heavy atom. The molecule has 6 heterocycles. The van der Waals surface area contributed by atoms with Gasteiger partial charge in [-0.15, -0.1) is 16.8 Å². The lowest BCUT2D eigenvalue weighted by molar-refractivity contribution is -0.197. The summed E-state index contributed by atoms with van der Waals surface area (Å²) in [6.45, 7) is 7.29. The van der Waals surface area contributed by atoms with Gasteiger partial charge < -0.3 is 48.8 Å². The van der Waals surface area contributed by atoms with E-state index in [1.165, 1.54) is 48.3 Å². The first-order valence-corrected chi connectivity index (χ1v) is 29.9. The van der Waals surface area contributed by atoms with Gasteiger partial charge in [0.2, 0.25) is 11.8 Å². The number of amides is 6. The van der Waals surface area contributed by atoms with Crippen molar-refractivity contribution >= 4 is 91.9 Å². The predicted octanol–water partition coefficient (Wildman–Crippen LogP) is 2.59. The molecule has 4 fully saturated rings. The van der Waals surface area contributed by atoms with Gasteiger partial charge in [-0.25, -0.2) is 4.79 Å². The highest BCUT2D eigenvalue weighted by molar-refractivity contribution is 8.01. The van der Waals surface area contributed by atoms with Crippen molar-refractivity contribution < 1.29 is 87.9 Å². The Bertz CT molecular complexity index is 2880. The minimum absolute atomic E-state index is 0.00562. The molecule has 2 aromatic rings. The molecule has 5 atom stereocenters. The van der Waals surface area contributed by atoms with E-state index in [1.54, 1.807) is 0 Å². The van der Waals surface area contributed by atoms with E-state index in [0.29, 0.717) is 16.2 Å². The Morgan fingerprint density at radius 2 is 1.20 bits per heavy atom. The molecular formula is C46H55N6O19PS3. The fraction of sp³-hybridized carbons (Fsp3) is 0.500. The maximum absolute atomic E-state index is 15.1. The topological polar surface area (TPSA) is 328 Å². The Kier molecular flexibility index (Phi) is 16.0. The van der Waals surface area contributed by atoms with Crippen molar-refractivity contribution in [3.8, 4) is 23.0 Å². The number of thioether (sulfide) groups is 1. The number of likely N-dealkylation sites (tertiary alicyclic amines) is 1. The van der Waals surface area contributed by atoms with E-state index in [9.17, 15) is 59.5 Å². The number of methoxy groups -OCH3 is 2. The van der Waals surface area contributed by atoms with E-state index >= 15 is 4.57 Å². The fourth-order valence-electron chi connectivity index (χ4n) is 9.80. The van der Waals surface area contributed by atoms with Crippen LogP contribution < -0.4 is 29.6 Å². The molecule has 2 aromatic carbocycles. The van der Waals surface area contributed by atoms with Gasteiger partial charge in [-0.1, -0.05) is 24.3 Å². The summed E-state index contributed by atoms with van der Waals surface area (Å²) >= 11 is 1.10. The number of carbonyl (C=O) groups is 7. The van der Waals surface area contributed by atoms with Crippen LogP contribution in [0.15, 0.2) is 48.6 Å². The lowest BCUT2D eigenvalue weighted by Crippen LogP contribution is -2.47. The second-order valence-electron chi connectivity index (χ2n) is 18.7. The number of imide groups is 2. The van der Waals surface area contributed by atoms with Crippen molar-refractivity contribution in [3.05, 3.63) is 59.7 Å². The summed E-state index contributed by atoms with van der Waals surface area (Å²) < 4.78 is 110. The monoisotopic (exact) mass is 1120 g/mol. The molecular weight excluding hydrogens is 1070 g/mol. The molecule has 0 aliphatic carbocycles. The Balaban J connectivity index is 0.974. The third-order valence-corrected chi connectivity index (χ3v) is 20.3. The zero-order chi connectivity index (χ0) is 54.3. The van der Waals surface area contributed by atoms with E-state index in [2.05, 4.69) is 23.8 Å². The zero-order valence-corrected chi connectivity index (χ0v) is 44.1. The molecule has 4 saturated heterocycles. The van der Waals surface area contributed by atoms with E-state index in [1.807, 2.05) is 0 Å². The van der Waals surface area contributed by atoms with Crippen LogP contribution in [-0.4, -0.2) is 187 Å². The average molecular weight is 1120 g/mol. The number of anilines is 2. The smallest absolute Gasteiger partial charge is 0.333 e. The molecule has 0 aromatic heterocycles. The quantitative estimate of drug-likeness (QED) is 0.0604. The van der Waals surface area contributed by atoms with Crippen molar-refractivity contribution in [1.82, 2.24) is 19.8 Å². The normalized spacial score (nSPS) is 23.4. The van der Waals surface area contributed by atoms with E-state index in [0.717, 1.165) is 16.7 Å². The van der Waals surface area contributed by atoms with Gasteiger partial charge in [-0.3, -0.25) is 42.8 Å². The first-order chi connectivity index (χ1) is 35.4. The van der Waals surface area contributed by atoms with Gasteiger partial charge in [0.25, 0.3) is 43.9 Å². The summed E-state index contributed by atoms with van der Waals surface area (Å²) in [5.41, 5.74) is 1.29. The molecule has 0 spiro atoms. The summed E-state index contributed by atoms with van der Waals surface area (Å²) in [5, 5.41) is 1.89. The van der Waals surface area contributed by atoms with Crippen LogP contribution in [0.3, 0.4) is 0 Å². The number of carbonyl (C=O) groups excluding carboxylic acids is 7. The number of nitrogens with zero attached hydrogens (tertiary/aromatic N) is 4. The molecule has 29 heteroatoms. The van der Waals surface area contributed by atoms with Crippen LogP contribution in [0.2, 0.25) is 0 Å². The van der Waals surface area contributed by atoms with Crippen molar-refractivity contribution in [2.75, 3.05) is 81.9 Å². The Labute approximate surface area is 435 Å². The molecule has 25 nitrogen and oxygen atoms in total. The number of benzene rings is 2. The van der Waals surface area contributed by atoms with Gasteiger partial charge in [0, 0.05) is 81.7 Å². The number of fused-ring (bicyclic) bond motifs is 4. The van der Waals surface area contributed by atoms with Crippen molar-refractivity contribution in [2.24, 2.45) is 0 Å². The van der Waals surface area contributed by atoms with Crippen LogP contribution in [0.1, 0.15) is 65.7 Å². The molecule has 8 rings (SSSR count). The van der Waals surface area contributed by atoms with Gasteiger partial charge in [-0.2, -0.15) is 16.8 Å². The van der Waals surface area contributed by atoms with Crippen LogP contribution in [0.5, 0.6) is 23.0 Å². The predicted molar refractivity (Wildman–Crippen MR) is 268 cm³/mol. The third-order valence-electron chi connectivity index (χ3n) is 13.6. The molecule has 3 unspecified atom stereocenters. The molecule has 0 bridgehead atoms. The number of hydrogen-bond donors (Lipinski definition) is 4. The number of rotatable bonds is 21. The van der Waals surface area contributed by atoms with Gasteiger partial charge in [0.1, 0.15) is 0 Å². The molecule has 4 N–H and O–H groups in total. The molecule has 0 saturated carbocycles. The molecule has 6 aliphatic heterocycles. The summed E-state index contributed by atoms with van der Waals surface area (Å²) in [6.07, 6.45) is -0.681. The van der Waals surface area contributed by atoms with Gasteiger partial charge >= 0.3 is 5.97 Å². The summed E-state index contributed by atoms with van der Waals surface area (Å²) in [5.74, 6) is -4.00. The summed E-state index contributed by atoms with van der Waals surface area (Å²) in [4.78, 5) is 98.4. The summed E-state index contributed by atoms with van der Waals surface area (Å²) in [6, 6.07) is 3.46. The van der Waals surface area contributed by atoms with Crippen LogP contribution in [0, 0.1) is 0 Å². The standard InChI is InChI=1S/C46H55N6O19PS3/c1-25-16-31-42(74(61,62)63)47-29-20-35(33(67-3)18-27(29)44(57)50(31)23-25)69-10-12-72(60,14-15-73-37-22-40(55)49(46(37)59)9-5-6-41(56)71-52-38(53)7-8-39(52)54)13-11-70-36-21-30-28(19-34(36)68-4)45(58)51-24-26(2)17-32(51)43(48-30)75(64,65)66/h18-21,31-32,37,42-43,47-48H,1-2,5-17,22-24H2,3-4H3,(H,61,62,63)(H,64,65,66)/t31-,32-,37?,42?,43?,72?/m0/s1. The second-order valence-corrected chi connectivity index (χ2v) is 26.5. The number of nitrogens with one attached hydrogen (secondary N) is 2. The minimum Gasteiger partial charge on any atom is -0.493 e. The molecule has 6 aliphatic rings. The largest absolute Gasteiger partial charge is 0.493 e. The SMILES string of the molecule is C=C1C[C@H]2C(S(=O)(=O)O)Nc3cc(OCCP(=O)(CCOc4cc5c(cc4OC)C(=O)N4CC(=C)C[C@H]4C(S(=O)(=O)O)N5)CCSC4CC(=O)N(CCCC(=O)ON5C(=O)CCC5=O)C4=O)c(OC)cc3C(=O)N2C1.